The third-order valence-electron chi connectivity index (χ3n) is 9.67. The van der Waals surface area contributed by atoms with Crippen LogP contribution >= 0.6 is 0 Å². The average Bonchev–Trinajstić information content (AvgIpc) is 3.20. The summed E-state index contributed by atoms with van der Waals surface area (Å²) in [6.45, 7) is 0. The number of anilines is 3. The number of rotatable bonds is 8. The molecule has 1 aliphatic rings. The number of hydrogen-bond acceptors (Lipinski definition) is 4. The Morgan fingerprint density at radius 3 is 1.08 bits per heavy atom. The Labute approximate surface area is 288 Å². The van der Waals surface area contributed by atoms with Crippen LogP contribution in [-0.4, -0.2) is 15.0 Å². The van der Waals surface area contributed by atoms with Crippen molar-refractivity contribution in [3.05, 3.63) is 181 Å². The molecular formula is C45H38N4. The molecule has 1 heterocycles. The van der Waals surface area contributed by atoms with E-state index in [2.05, 4.69) is 114 Å². The van der Waals surface area contributed by atoms with E-state index in [1.165, 1.54) is 42.5 Å². The van der Waals surface area contributed by atoms with Gasteiger partial charge in [0.2, 0.25) is 0 Å². The highest BCUT2D eigenvalue weighted by Gasteiger charge is 2.28. The maximum Gasteiger partial charge on any atom is 0.164 e. The fourth-order valence-electron chi connectivity index (χ4n) is 7.22. The summed E-state index contributed by atoms with van der Waals surface area (Å²) in [7, 11) is 0. The summed E-state index contributed by atoms with van der Waals surface area (Å²) < 4.78 is 0. The maximum absolute atomic E-state index is 4.94. The number of aromatic nitrogens is 3. The SMILES string of the molecule is c1ccc(-c2nc(-c3ccccc3)nc(-c3ccc([C@@H]4CCCCC4c4ccc(N(c5ccccc5)c5ccccc5)cc4)cc3)n2)cc1. The van der Waals surface area contributed by atoms with E-state index in [-0.39, 0.29) is 0 Å². The zero-order chi connectivity index (χ0) is 32.8. The molecule has 7 aromatic rings. The van der Waals surface area contributed by atoms with Gasteiger partial charge in [-0.3, -0.25) is 0 Å². The van der Waals surface area contributed by atoms with Gasteiger partial charge in [-0.05, 0) is 72.2 Å². The molecule has 4 heteroatoms. The third-order valence-corrected chi connectivity index (χ3v) is 9.67. The molecule has 0 amide bonds. The van der Waals surface area contributed by atoms with Crippen molar-refractivity contribution in [2.75, 3.05) is 4.90 Å². The molecule has 0 spiro atoms. The van der Waals surface area contributed by atoms with E-state index in [9.17, 15) is 0 Å². The molecule has 0 radical (unpaired) electrons. The highest BCUT2D eigenvalue weighted by Crippen LogP contribution is 2.45. The molecule has 8 rings (SSSR count). The van der Waals surface area contributed by atoms with Crippen LogP contribution in [0.1, 0.15) is 48.6 Å². The van der Waals surface area contributed by atoms with E-state index < -0.39 is 0 Å². The molecule has 0 saturated heterocycles. The first-order valence-corrected chi connectivity index (χ1v) is 17.3. The summed E-state index contributed by atoms with van der Waals surface area (Å²) in [5.41, 5.74) is 9.23. The highest BCUT2D eigenvalue weighted by molar-refractivity contribution is 5.76. The summed E-state index contributed by atoms with van der Waals surface area (Å²) in [4.78, 5) is 17.1. The van der Waals surface area contributed by atoms with Crippen molar-refractivity contribution in [1.29, 1.82) is 0 Å². The van der Waals surface area contributed by atoms with Crippen LogP contribution in [0, 0.1) is 0 Å². The Morgan fingerprint density at radius 1 is 0.347 bits per heavy atom. The van der Waals surface area contributed by atoms with Crippen LogP contribution in [0.2, 0.25) is 0 Å². The van der Waals surface area contributed by atoms with Crippen molar-refractivity contribution in [2.45, 2.75) is 37.5 Å². The molecule has 0 bridgehead atoms. The predicted octanol–water partition coefficient (Wildman–Crippen LogP) is 11.8. The van der Waals surface area contributed by atoms with Crippen molar-refractivity contribution < 1.29 is 0 Å². The van der Waals surface area contributed by atoms with Crippen LogP contribution in [0.15, 0.2) is 170 Å². The smallest absolute Gasteiger partial charge is 0.164 e. The Morgan fingerprint density at radius 2 is 0.673 bits per heavy atom. The number of para-hydroxylation sites is 2. The fourth-order valence-corrected chi connectivity index (χ4v) is 7.22. The van der Waals surface area contributed by atoms with Crippen molar-refractivity contribution in [3.63, 3.8) is 0 Å². The first-order valence-electron chi connectivity index (χ1n) is 17.3. The van der Waals surface area contributed by atoms with Crippen molar-refractivity contribution in [3.8, 4) is 34.2 Å². The molecule has 1 aromatic heterocycles. The van der Waals surface area contributed by atoms with Crippen molar-refractivity contribution >= 4 is 17.1 Å². The Hall–Kier alpha value is -5.87. The normalized spacial score (nSPS) is 15.8. The molecule has 49 heavy (non-hydrogen) atoms. The van der Waals surface area contributed by atoms with Gasteiger partial charge in [-0.2, -0.15) is 0 Å². The standard InChI is InChI=1S/C45H38N4/c1-5-15-35(16-6-1)43-46-44(36-17-7-2-8-18-36)48-45(47-43)37-27-25-33(26-28-37)41-23-13-14-24-42(41)34-29-31-40(32-30-34)49(38-19-9-3-10-20-38)39-21-11-4-12-22-39/h1-12,15-22,25-32,41-42H,13-14,23-24H2/t41-,42?/m0/s1. The van der Waals surface area contributed by atoms with Crippen LogP contribution in [0.3, 0.4) is 0 Å². The van der Waals surface area contributed by atoms with Gasteiger partial charge in [0, 0.05) is 33.8 Å². The lowest BCUT2D eigenvalue weighted by Crippen LogP contribution is -2.16. The minimum Gasteiger partial charge on any atom is -0.311 e. The fraction of sp³-hybridized carbons (Fsp3) is 0.133. The quantitative estimate of drug-likeness (QED) is 0.167. The monoisotopic (exact) mass is 634 g/mol. The third kappa shape index (κ3) is 6.63. The van der Waals surface area contributed by atoms with Crippen molar-refractivity contribution in [1.82, 2.24) is 15.0 Å². The summed E-state index contributed by atoms with van der Waals surface area (Å²) in [6.07, 6.45) is 4.90. The van der Waals surface area contributed by atoms with Crippen LogP contribution < -0.4 is 4.90 Å². The first kappa shape index (κ1) is 30.5. The molecule has 1 saturated carbocycles. The number of benzene rings is 6. The molecule has 238 valence electrons. The second-order valence-electron chi connectivity index (χ2n) is 12.8. The molecule has 0 N–H and O–H groups in total. The molecule has 1 fully saturated rings. The van der Waals surface area contributed by atoms with Gasteiger partial charge in [-0.25, -0.2) is 15.0 Å². The molecule has 2 atom stereocenters. The number of hydrogen-bond donors (Lipinski definition) is 0. The largest absolute Gasteiger partial charge is 0.311 e. The zero-order valence-electron chi connectivity index (χ0n) is 27.4. The first-order chi connectivity index (χ1) is 24.3. The van der Waals surface area contributed by atoms with Gasteiger partial charge < -0.3 is 4.90 Å². The van der Waals surface area contributed by atoms with Crippen LogP contribution in [0.5, 0.6) is 0 Å². The van der Waals surface area contributed by atoms with E-state index in [4.69, 9.17) is 15.0 Å². The van der Waals surface area contributed by atoms with E-state index in [1.807, 2.05) is 60.7 Å². The molecule has 1 aliphatic carbocycles. The van der Waals surface area contributed by atoms with Gasteiger partial charge in [0.15, 0.2) is 17.5 Å². The lowest BCUT2D eigenvalue weighted by molar-refractivity contribution is 0.386. The summed E-state index contributed by atoms with van der Waals surface area (Å²) in [5, 5.41) is 0. The Balaban J connectivity index is 1.08. The van der Waals surface area contributed by atoms with Crippen LogP contribution in [0.25, 0.3) is 34.2 Å². The topological polar surface area (TPSA) is 41.9 Å². The molecular weight excluding hydrogens is 597 g/mol. The minimum atomic E-state index is 0.464. The summed E-state index contributed by atoms with van der Waals surface area (Å²) in [6, 6.07) is 59.8. The predicted molar refractivity (Wildman–Crippen MR) is 201 cm³/mol. The van der Waals surface area contributed by atoms with Crippen LogP contribution in [-0.2, 0) is 0 Å². The zero-order valence-corrected chi connectivity index (χ0v) is 27.4. The van der Waals surface area contributed by atoms with Crippen molar-refractivity contribution in [2.24, 2.45) is 0 Å². The minimum absolute atomic E-state index is 0.464. The Kier molecular flexibility index (Phi) is 8.76. The van der Waals surface area contributed by atoms with Gasteiger partial charge in [-0.1, -0.05) is 146 Å². The van der Waals surface area contributed by atoms with E-state index in [1.54, 1.807) is 0 Å². The average molecular weight is 635 g/mol. The lowest BCUT2D eigenvalue weighted by atomic mass is 9.72. The van der Waals surface area contributed by atoms with Gasteiger partial charge in [0.05, 0.1) is 0 Å². The molecule has 1 unspecified atom stereocenters. The number of nitrogens with zero attached hydrogens (tertiary/aromatic N) is 4. The van der Waals surface area contributed by atoms with Crippen LogP contribution in [0.4, 0.5) is 17.1 Å². The van der Waals surface area contributed by atoms with E-state index in [0.717, 1.165) is 28.1 Å². The summed E-state index contributed by atoms with van der Waals surface area (Å²) in [5.74, 6) is 2.99. The lowest BCUT2D eigenvalue weighted by Gasteiger charge is -2.33. The van der Waals surface area contributed by atoms with Gasteiger partial charge in [0.25, 0.3) is 0 Å². The van der Waals surface area contributed by atoms with E-state index >= 15 is 0 Å². The second kappa shape index (κ2) is 14.1. The van der Waals surface area contributed by atoms with Gasteiger partial charge in [-0.15, -0.1) is 0 Å². The molecule has 4 nitrogen and oxygen atoms in total. The molecule has 0 aliphatic heterocycles. The summed E-state index contributed by atoms with van der Waals surface area (Å²) >= 11 is 0. The van der Waals surface area contributed by atoms with Gasteiger partial charge in [0.1, 0.15) is 0 Å². The highest BCUT2D eigenvalue weighted by atomic mass is 15.1. The van der Waals surface area contributed by atoms with E-state index in [0.29, 0.717) is 29.3 Å². The Bertz CT molecular complexity index is 2000. The molecule has 6 aromatic carbocycles. The van der Waals surface area contributed by atoms with Gasteiger partial charge >= 0.3 is 0 Å². The maximum atomic E-state index is 4.94. The second-order valence-corrected chi connectivity index (χ2v) is 12.8.